The van der Waals surface area contributed by atoms with Gasteiger partial charge in [-0.25, -0.2) is 0 Å². The van der Waals surface area contributed by atoms with E-state index >= 15 is 0 Å². The Balaban J connectivity index is 1.91. The van der Waals surface area contributed by atoms with E-state index < -0.39 is 70.4 Å². The average molecular weight is 668 g/mol. The summed E-state index contributed by atoms with van der Waals surface area (Å²) >= 11 is 0. The molecule has 17 nitrogen and oxygen atoms in total. The van der Waals surface area contributed by atoms with Crippen LogP contribution in [0.5, 0.6) is 0 Å². The highest BCUT2D eigenvalue weighted by Gasteiger charge is 2.29. The maximum atomic E-state index is 12.9. The summed E-state index contributed by atoms with van der Waals surface area (Å²) < 4.78 is 40.4. The fourth-order valence-corrected chi connectivity index (χ4v) is 4.27. The van der Waals surface area contributed by atoms with Gasteiger partial charge in [-0.1, -0.05) is 26.0 Å². The van der Waals surface area contributed by atoms with Crippen LogP contribution in [0.15, 0.2) is 36.4 Å². The molecule has 46 heavy (non-hydrogen) atoms. The molecule has 0 aromatic heterocycles. The van der Waals surface area contributed by atoms with Crippen LogP contribution in [0.25, 0.3) is 0 Å². The summed E-state index contributed by atoms with van der Waals surface area (Å²) in [6.07, 6.45) is 1.73. The standard InChI is InChI=1S/C28H37N5O12S/c1-19(2)27(28(40)29-15-23(36)30-21-5-3-20(4-6-21)17-45-18-34)31-22(35)9-10-32(11-12-44-13-14-46(41,42)43)26(39)16-33-24(37)7-8-25(33)38/h3-8,18-19,27H,9-17H2,1-2H3,(H,29,40)(H,30,36)(H,31,35)(H,41,42,43). The third kappa shape index (κ3) is 13.5. The summed E-state index contributed by atoms with van der Waals surface area (Å²) in [6.45, 7) is 1.88. The first-order valence-corrected chi connectivity index (χ1v) is 15.7. The molecule has 1 unspecified atom stereocenters. The van der Waals surface area contributed by atoms with E-state index in [1.54, 1.807) is 38.1 Å². The zero-order valence-electron chi connectivity index (χ0n) is 25.3. The van der Waals surface area contributed by atoms with E-state index in [-0.39, 0.29) is 45.2 Å². The van der Waals surface area contributed by atoms with Crippen molar-refractivity contribution in [3.05, 3.63) is 42.0 Å². The largest absolute Gasteiger partial charge is 0.463 e. The number of benzene rings is 1. The topological polar surface area (TPSA) is 235 Å². The number of carbonyl (C=O) groups excluding carboxylic acids is 7. The van der Waals surface area contributed by atoms with Gasteiger partial charge in [-0.2, -0.15) is 8.42 Å². The van der Waals surface area contributed by atoms with Crippen molar-refractivity contribution >= 4 is 57.7 Å². The number of imide groups is 1. The number of carbonyl (C=O) groups is 7. The highest BCUT2D eigenvalue weighted by molar-refractivity contribution is 7.85. The first-order chi connectivity index (χ1) is 21.7. The summed E-state index contributed by atoms with van der Waals surface area (Å²) in [6, 6.07) is 5.46. The van der Waals surface area contributed by atoms with Crippen LogP contribution < -0.4 is 16.0 Å². The number of amides is 6. The normalized spacial score (nSPS) is 13.3. The first kappa shape index (κ1) is 37.5. The average Bonchev–Trinajstić information content (AvgIpc) is 3.30. The van der Waals surface area contributed by atoms with E-state index in [0.717, 1.165) is 17.1 Å². The van der Waals surface area contributed by atoms with Gasteiger partial charge in [-0.15, -0.1) is 0 Å². The molecule has 0 saturated heterocycles. The van der Waals surface area contributed by atoms with E-state index in [2.05, 4.69) is 20.7 Å². The predicted molar refractivity (Wildman–Crippen MR) is 160 cm³/mol. The van der Waals surface area contributed by atoms with Crippen LogP contribution in [0.3, 0.4) is 0 Å². The zero-order chi connectivity index (χ0) is 34.3. The molecular weight excluding hydrogens is 630 g/mol. The van der Waals surface area contributed by atoms with E-state index in [4.69, 9.17) is 9.29 Å². The summed E-state index contributed by atoms with van der Waals surface area (Å²) in [5.74, 6) is -4.88. The van der Waals surface area contributed by atoms with Gasteiger partial charge in [0.2, 0.25) is 23.6 Å². The molecule has 1 aliphatic heterocycles. The zero-order valence-corrected chi connectivity index (χ0v) is 26.1. The van der Waals surface area contributed by atoms with Gasteiger partial charge in [0.05, 0.1) is 25.5 Å². The Labute approximate surface area is 265 Å². The van der Waals surface area contributed by atoms with E-state index in [1.807, 2.05) is 0 Å². The second kappa shape index (κ2) is 18.3. The molecule has 4 N–H and O–H groups in total. The summed E-state index contributed by atoms with van der Waals surface area (Å²) in [5.41, 5.74) is 1.15. The minimum absolute atomic E-state index is 0.0802. The van der Waals surface area contributed by atoms with Crippen molar-refractivity contribution in [1.82, 2.24) is 20.4 Å². The maximum Gasteiger partial charge on any atom is 0.293 e. The lowest BCUT2D eigenvalue weighted by atomic mass is 10.0. The van der Waals surface area contributed by atoms with Gasteiger partial charge in [-0.3, -0.25) is 43.0 Å². The maximum absolute atomic E-state index is 12.9. The molecule has 1 aromatic carbocycles. The first-order valence-electron chi connectivity index (χ1n) is 14.1. The van der Waals surface area contributed by atoms with Crippen molar-refractivity contribution in [3.8, 4) is 0 Å². The van der Waals surface area contributed by atoms with Crippen molar-refractivity contribution in [1.29, 1.82) is 0 Å². The molecule has 18 heteroatoms. The number of ether oxygens (including phenoxy) is 2. The number of anilines is 1. The summed E-state index contributed by atoms with van der Waals surface area (Å²) in [5, 5.41) is 7.65. The van der Waals surface area contributed by atoms with Gasteiger partial charge in [0.15, 0.2) is 0 Å². The molecule has 2 rings (SSSR count). The molecule has 0 radical (unpaired) electrons. The molecule has 1 heterocycles. The molecule has 0 spiro atoms. The molecule has 0 aliphatic carbocycles. The lowest BCUT2D eigenvalue weighted by Gasteiger charge is -2.26. The van der Waals surface area contributed by atoms with E-state index in [1.165, 1.54) is 0 Å². The van der Waals surface area contributed by atoms with Crippen LogP contribution in [-0.2, 0) is 59.8 Å². The van der Waals surface area contributed by atoms with Gasteiger partial charge in [0.1, 0.15) is 19.2 Å². The molecule has 1 atom stereocenters. The highest BCUT2D eigenvalue weighted by atomic mass is 32.2. The molecule has 252 valence electrons. The third-order valence-corrected chi connectivity index (χ3v) is 7.07. The molecule has 6 amide bonds. The second-order valence-corrected chi connectivity index (χ2v) is 11.9. The summed E-state index contributed by atoms with van der Waals surface area (Å²) in [4.78, 5) is 86.8. The fourth-order valence-electron chi connectivity index (χ4n) is 3.94. The Morgan fingerprint density at radius 1 is 1.00 bits per heavy atom. The SMILES string of the molecule is CC(C)C(NC(=O)CCN(CCOCCS(=O)(=O)O)C(=O)CN1C(=O)C=CC1=O)C(=O)NCC(=O)Nc1ccc(COC=O)cc1. The van der Waals surface area contributed by atoms with Crippen LogP contribution in [0.4, 0.5) is 5.69 Å². The Hall–Kier alpha value is -4.68. The van der Waals surface area contributed by atoms with Crippen molar-refractivity contribution in [3.63, 3.8) is 0 Å². The smallest absolute Gasteiger partial charge is 0.293 e. The lowest BCUT2D eigenvalue weighted by molar-refractivity contribution is -0.145. The van der Waals surface area contributed by atoms with E-state index in [9.17, 15) is 42.0 Å². The van der Waals surface area contributed by atoms with Crippen LogP contribution in [-0.4, -0.2) is 116 Å². The van der Waals surface area contributed by atoms with Crippen molar-refractivity contribution in [2.45, 2.75) is 32.9 Å². The quantitative estimate of drug-likeness (QED) is 0.0544. The van der Waals surface area contributed by atoms with Crippen molar-refractivity contribution in [2.24, 2.45) is 5.92 Å². The monoisotopic (exact) mass is 667 g/mol. The molecule has 1 aliphatic rings. The van der Waals surface area contributed by atoms with Gasteiger partial charge in [0.25, 0.3) is 28.4 Å². The van der Waals surface area contributed by atoms with Gasteiger partial charge in [-0.05, 0) is 23.6 Å². The van der Waals surface area contributed by atoms with Gasteiger partial charge < -0.3 is 30.3 Å². The number of hydrogen-bond acceptors (Lipinski definition) is 11. The fraction of sp³-hybridized carbons (Fsp3) is 0.464. The van der Waals surface area contributed by atoms with Crippen LogP contribution >= 0.6 is 0 Å². The van der Waals surface area contributed by atoms with Gasteiger partial charge >= 0.3 is 0 Å². The van der Waals surface area contributed by atoms with Crippen LogP contribution in [0.1, 0.15) is 25.8 Å². The lowest BCUT2D eigenvalue weighted by Crippen LogP contribution is -2.51. The van der Waals surface area contributed by atoms with Crippen molar-refractivity contribution in [2.75, 3.05) is 50.5 Å². The minimum Gasteiger partial charge on any atom is -0.463 e. The number of rotatable bonds is 20. The number of hydrogen-bond donors (Lipinski definition) is 4. The molecule has 0 bridgehead atoms. The Morgan fingerprint density at radius 2 is 1.65 bits per heavy atom. The minimum atomic E-state index is -4.26. The van der Waals surface area contributed by atoms with Crippen LogP contribution in [0.2, 0.25) is 0 Å². The highest BCUT2D eigenvalue weighted by Crippen LogP contribution is 2.10. The number of nitrogens with one attached hydrogen (secondary N) is 3. The second-order valence-electron chi connectivity index (χ2n) is 10.3. The van der Waals surface area contributed by atoms with E-state index in [0.29, 0.717) is 22.6 Å². The Kier molecular flexibility index (Phi) is 14.9. The predicted octanol–water partition coefficient (Wildman–Crippen LogP) is -1.40. The van der Waals surface area contributed by atoms with Crippen LogP contribution in [0, 0.1) is 5.92 Å². The molecular formula is C28H37N5O12S. The Morgan fingerprint density at radius 3 is 2.24 bits per heavy atom. The molecule has 0 saturated carbocycles. The Bertz CT molecular complexity index is 1390. The molecule has 1 aromatic rings. The van der Waals surface area contributed by atoms with Crippen molar-refractivity contribution < 1.29 is 56.0 Å². The van der Waals surface area contributed by atoms with Gasteiger partial charge in [0, 0.05) is 37.3 Å². The third-order valence-electron chi connectivity index (χ3n) is 6.39. The number of nitrogens with zero attached hydrogens (tertiary/aromatic N) is 2. The summed E-state index contributed by atoms with van der Waals surface area (Å²) in [7, 11) is -4.26. The molecule has 0 fully saturated rings.